The van der Waals surface area contributed by atoms with Gasteiger partial charge in [0.1, 0.15) is 6.61 Å². The number of benzene rings is 1. The third-order valence-corrected chi connectivity index (χ3v) is 4.24. The van der Waals surface area contributed by atoms with Crippen LogP contribution in [-0.2, 0) is 11.2 Å². The van der Waals surface area contributed by atoms with Crippen LogP contribution in [-0.4, -0.2) is 29.8 Å². The number of hydrogen-bond acceptors (Lipinski definition) is 3. The maximum Gasteiger partial charge on any atom is 0.407 e. The van der Waals surface area contributed by atoms with Gasteiger partial charge in [0.05, 0.1) is 6.04 Å². The highest BCUT2D eigenvalue weighted by Crippen LogP contribution is 2.42. The molecule has 1 amide bonds. The van der Waals surface area contributed by atoms with Gasteiger partial charge in [0.15, 0.2) is 0 Å². The number of carbonyl (C=O) groups is 1. The van der Waals surface area contributed by atoms with Crippen molar-refractivity contribution in [2.24, 2.45) is 5.73 Å². The molecule has 2 unspecified atom stereocenters. The van der Waals surface area contributed by atoms with Crippen LogP contribution in [0.1, 0.15) is 23.5 Å². The third-order valence-electron chi connectivity index (χ3n) is 4.24. The van der Waals surface area contributed by atoms with E-state index >= 15 is 0 Å². The highest BCUT2D eigenvalue weighted by molar-refractivity contribution is 5.85. The van der Waals surface area contributed by atoms with Crippen LogP contribution in [0.2, 0.25) is 0 Å². The van der Waals surface area contributed by atoms with Crippen LogP contribution >= 0.6 is 0 Å². The molecular weight excluding hydrogens is 254 g/mol. The standard InChI is InChI=1S/C15H17N3O2/c16-13-5-10(13)12-6-17-14-2-1-8(4-11(12)14)3-9-7-20-15(19)18-9/h1-2,4,6,9-10,13,17H,3,5,7,16H2,(H,18,19)/t9?,10?,13-/m0/s1. The molecule has 1 aliphatic heterocycles. The number of nitrogens with one attached hydrogen (secondary N) is 2. The SMILES string of the molecule is N[C@H]1CC1c1c[nH]c2ccc(CC3COC(=O)N3)cc12. The van der Waals surface area contributed by atoms with Gasteiger partial charge in [-0.25, -0.2) is 4.79 Å². The van der Waals surface area contributed by atoms with Crippen LogP contribution in [0.4, 0.5) is 4.79 Å². The Kier molecular flexibility index (Phi) is 2.50. The van der Waals surface area contributed by atoms with Crippen LogP contribution in [0, 0.1) is 0 Å². The molecule has 2 fully saturated rings. The van der Waals surface area contributed by atoms with E-state index in [-0.39, 0.29) is 12.1 Å². The first kappa shape index (κ1) is 11.8. The molecule has 4 rings (SSSR count). The van der Waals surface area contributed by atoms with E-state index in [4.69, 9.17) is 10.5 Å². The zero-order valence-corrected chi connectivity index (χ0v) is 11.1. The molecule has 104 valence electrons. The number of aromatic nitrogens is 1. The number of hydrogen-bond donors (Lipinski definition) is 3. The molecule has 2 heterocycles. The zero-order valence-electron chi connectivity index (χ0n) is 11.1. The van der Waals surface area contributed by atoms with Crippen molar-refractivity contribution >= 4 is 17.0 Å². The van der Waals surface area contributed by atoms with E-state index in [0.29, 0.717) is 18.6 Å². The van der Waals surface area contributed by atoms with E-state index in [2.05, 4.69) is 34.7 Å². The molecule has 5 nitrogen and oxygen atoms in total. The Morgan fingerprint density at radius 1 is 1.40 bits per heavy atom. The molecular formula is C15H17N3O2. The summed E-state index contributed by atoms with van der Waals surface area (Å²) >= 11 is 0. The largest absolute Gasteiger partial charge is 0.447 e. The van der Waals surface area contributed by atoms with Crippen LogP contribution in [0.15, 0.2) is 24.4 Å². The summed E-state index contributed by atoms with van der Waals surface area (Å²) in [5.41, 5.74) is 9.64. The van der Waals surface area contributed by atoms with Crippen molar-refractivity contribution in [3.05, 3.63) is 35.5 Å². The van der Waals surface area contributed by atoms with E-state index in [9.17, 15) is 4.79 Å². The number of ether oxygens (including phenoxy) is 1. The molecule has 2 aromatic rings. The number of amides is 1. The molecule has 1 saturated heterocycles. The zero-order chi connectivity index (χ0) is 13.7. The average Bonchev–Trinajstić information content (AvgIpc) is 2.85. The van der Waals surface area contributed by atoms with E-state index < -0.39 is 0 Å². The summed E-state index contributed by atoms with van der Waals surface area (Å²) in [5.74, 6) is 0.494. The van der Waals surface area contributed by atoms with Gasteiger partial charge in [0.2, 0.25) is 0 Å². The summed E-state index contributed by atoms with van der Waals surface area (Å²) in [6, 6.07) is 6.78. The quantitative estimate of drug-likeness (QED) is 0.793. The fourth-order valence-corrected chi connectivity index (χ4v) is 3.02. The van der Waals surface area contributed by atoms with Gasteiger partial charge in [0, 0.05) is 29.1 Å². The van der Waals surface area contributed by atoms with Gasteiger partial charge in [-0.05, 0) is 36.1 Å². The van der Waals surface area contributed by atoms with Crippen LogP contribution in [0.3, 0.4) is 0 Å². The number of H-pyrrole nitrogens is 1. The van der Waals surface area contributed by atoms with Gasteiger partial charge in [-0.15, -0.1) is 0 Å². The normalized spacial score (nSPS) is 28.4. The molecule has 0 spiro atoms. The first-order valence-electron chi connectivity index (χ1n) is 6.99. The van der Waals surface area contributed by atoms with Gasteiger partial charge in [-0.1, -0.05) is 6.07 Å². The Labute approximate surface area is 116 Å². The predicted molar refractivity (Wildman–Crippen MR) is 75.6 cm³/mol. The molecule has 2 aliphatic rings. The second kappa shape index (κ2) is 4.24. The van der Waals surface area contributed by atoms with Gasteiger partial charge in [0.25, 0.3) is 0 Å². The second-order valence-corrected chi connectivity index (χ2v) is 5.77. The van der Waals surface area contributed by atoms with Crippen molar-refractivity contribution in [1.82, 2.24) is 10.3 Å². The molecule has 4 N–H and O–H groups in total. The smallest absolute Gasteiger partial charge is 0.407 e. The number of cyclic esters (lactones) is 1. The maximum atomic E-state index is 11.1. The Balaban J connectivity index is 1.62. The Morgan fingerprint density at radius 2 is 2.25 bits per heavy atom. The summed E-state index contributed by atoms with van der Waals surface area (Å²) in [7, 11) is 0. The Hall–Kier alpha value is -2.01. The second-order valence-electron chi connectivity index (χ2n) is 5.77. The van der Waals surface area contributed by atoms with Crippen molar-refractivity contribution in [3.8, 4) is 0 Å². The lowest BCUT2D eigenvalue weighted by Crippen LogP contribution is -2.28. The summed E-state index contributed by atoms with van der Waals surface area (Å²) in [5, 5.41) is 4.07. The van der Waals surface area contributed by atoms with Gasteiger partial charge in [-0.3, -0.25) is 0 Å². The lowest BCUT2D eigenvalue weighted by atomic mass is 10.0. The van der Waals surface area contributed by atoms with Crippen molar-refractivity contribution < 1.29 is 9.53 Å². The monoisotopic (exact) mass is 271 g/mol. The minimum atomic E-state index is -0.317. The highest BCUT2D eigenvalue weighted by atomic mass is 16.6. The van der Waals surface area contributed by atoms with Crippen molar-refractivity contribution in [2.45, 2.75) is 30.8 Å². The molecule has 0 radical (unpaired) electrons. The Bertz CT molecular complexity index is 679. The van der Waals surface area contributed by atoms with Crippen LogP contribution < -0.4 is 11.1 Å². The van der Waals surface area contributed by atoms with Crippen molar-refractivity contribution in [3.63, 3.8) is 0 Å². The molecule has 0 bridgehead atoms. The summed E-state index contributed by atoms with van der Waals surface area (Å²) in [6.45, 7) is 0.449. The summed E-state index contributed by atoms with van der Waals surface area (Å²) < 4.78 is 4.92. The molecule has 1 saturated carbocycles. The number of aromatic amines is 1. The number of rotatable bonds is 3. The number of alkyl carbamates (subject to hydrolysis) is 1. The fourth-order valence-electron chi connectivity index (χ4n) is 3.02. The lowest BCUT2D eigenvalue weighted by Gasteiger charge is -2.07. The van der Waals surface area contributed by atoms with Crippen molar-refractivity contribution in [2.75, 3.05) is 6.61 Å². The molecule has 1 aromatic heterocycles. The molecule has 1 aliphatic carbocycles. The van der Waals surface area contributed by atoms with E-state index in [1.165, 1.54) is 16.5 Å². The third kappa shape index (κ3) is 1.94. The number of carbonyl (C=O) groups excluding carboxylic acids is 1. The topological polar surface area (TPSA) is 80.1 Å². The molecule has 1 aromatic carbocycles. The summed E-state index contributed by atoms with van der Waals surface area (Å²) in [6.07, 6.45) is 3.63. The first-order valence-corrected chi connectivity index (χ1v) is 6.99. The lowest BCUT2D eigenvalue weighted by molar-refractivity contribution is 0.177. The van der Waals surface area contributed by atoms with Gasteiger partial charge < -0.3 is 20.8 Å². The average molecular weight is 271 g/mol. The van der Waals surface area contributed by atoms with Gasteiger partial charge in [-0.2, -0.15) is 0 Å². The minimum absolute atomic E-state index is 0.0746. The molecule has 20 heavy (non-hydrogen) atoms. The van der Waals surface area contributed by atoms with Crippen LogP contribution in [0.5, 0.6) is 0 Å². The Morgan fingerprint density at radius 3 is 2.95 bits per heavy atom. The van der Waals surface area contributed by atoms with E-state index in [1.807, 2.05) is 0 Å². The van der Waals surface area contributed by atoms with Crippen LogP contribution in [0.25, 0.3) is 10.9 Å². The fraction of sp³-hybridized carbons (Fsp3) is 0.400. The predicted octanol–water partition coefficient (Wildman–Crippen LogP) is 1.63. The van der Waals surface area contributed by atoms with E-state index in [1.54, 1.807) is 0 Å². The minimum Gasteiger partial charge on any atom is -0.447 e. The molecule has 5 heteroatoms. The number of fused-ring (bicyclic) bond motifs is 1. The first-order chi connectivity index (χ1) is 9.70. The van der Waals surface area contributed by atoms with Gasteiger partial charge >= 0.3 is 6.09 Å². The maximum absolute atomic E-state index is 11.1. The summed E-state index contributed by atoms with van der Waals surface area (Å²) in [4.78, 5) is 14.4. The highest BCUT2D eigenvalue weighted by Gasteiger charge is 2.36. The van der Waals surface area contributed by atoms with E-state index in [0.717, 1.165) is 18.4 Å². The number of nitrogens with two attached hydrogens (primary N) is 1. The molecule has 3 atom stereocenters. The van der Waals surface area contributed by atoms with Crippen molar-refractivity contribution in [1.29, 1.82) is 0 Å².